The van der Waals surface area contributed by atoms with E-state index in [1.165, 1.54) is 0 Å². The minimum atomic E-state index is 0. The van der Waals surface area contributed by atoms with Gasteiger partial charge in [-0.05, 0) is 0 Å². The quantitative estimate of drug-likeness (QED) is 0.369. The van der Waals surface area contributed by atoms with E-state index in [1.807, 2.05) is 0 Å². The molecule has 0 heterocycles. The zero-order valence-electron chi connectivity index (χ0n) is 4.45. The summed E-state index contributed by atoms with van der Waals surface area (Å²) in [6, 6.07) is 0. The Morgan fingerprint density at radius 3 is 1.75 bits per heavy atom. The maximum Gasteiger partial charge on any atom is -1.00 e. The van der Waals surface area contributed by atoms with Crippen LogP contribution < -0.4 is 0 Å². The second kappa shape index (κ2) is 1.79. The van der Waals surface area contributed by atoms with Crippen LogP contribution in [0, 0.1) is 0 Å². The van der Waals surface area contributed by atoms with E-state index >= 15 is 0 Å². The molecule has 0 aromatic rings. The van der Waals surface area contributed by atoms with Crippen LogP contribution in [0.25, 0.3) is 0 Å². The van der Waals surface area contributed by atoms with Gasteiger partial charge in [-0.25, -0.2) is 0 Å². The SMILES string of the molecule is C[N](C)[GeH3].[H-]. The van der Waals surface area contributed by atoms with Crippen LogP contribution >= 0.6 is 0 Å². The third-order valence-electron chi connectivity index (χ3n) is 0. The molecule has 0 spiro atoms. The van der Waals surface area contributed by atoms with E-state index in [9.17, 15) is 0 Å². The van der Waals surface area contributed by atoms with Crippen LogP contribution in [0.15, 0.2) is 0 Å². The van der Waals surface area contributed by atoms with Gasteiger partial charge in [0.25, 0.3) is 0 Å². The van der Waals surface area contributed by atoms with Gasteiger partial charge in [-0.15, -0.1) is 0 Å². The summed E-state index contributed by atoms with van der Waals surface area (Å²) in [5.41, 5.74) is 0. The molecule has 0 aliphatic rings. The van der Waals surface area contributed by atoms with Crippen LogP contribution in [0.4, 0.5) is 0 Å². The molecule has 0 aromatic heterocycles. The Labute approximate surface area is 36.9 Å². The van der Waals surface area contributed by atoms with Crippen LogP contribution in [-0.2, 0) is 0 Å². The molecular formula is C2H10GeN-. The first-order valence-electron chi connectivity index (χ1n) is 1.34. The fraction of sp³-hybridized carbons (Fsp3) is 1.00. The van der Waals surface area contributed by atoms with Crippen molar-refractivity contribution >= 4 is 16.7 Å². The van der Waals surface area contributed by atoms with E-state index in [1.54, 1.807) is 0 Å². The molecule has 0 fully saturated rings. The summed E-state index contributed by atoms with van der Waals surface area (Å²) in [6.45, 7) is 0. The van der Waals surface area contributed by atoms with Gasteiger partial charge in [0.15, 0.2) is 0 Å². The molecule has 1 nitrogen and oxygen atoms in total. The maximum absolute atomic E-state index is 2.19. The van der Waals surface area contributed by atoms with E-state index in [4.69, 9.17) is 0 Å². The van der Waals surface area contributed by atoms with Gasteiger partial charge < -0.3 is 1.43 Å². The van der Waals surface area contributed by atoms with Crippen LogP contribution in [0.2, 0.25) is 0 Å². The Balaban J connectivity index is 0. The Kier molecular flexibility index (Phi) is 2.01. The molecule has 0 atom stereocenters. The molecule has 0 saturated carbocycles. The molecule has 0 N–H and O–H groups in total. The van der Waals surface area contributed by atoms with Crippen molar-refractivity contribution in [3.63, 3.8) is 0 Å². The van der Waals surface area contributed by atoms with Crippen molar-refractivity contribution in [1.82, 2.24) is 3.86 Å². The monoisotopic (exact) mass is 122 g/mol. The van der Waals surface area contributed by atoms with E-state index in [0.717, 1.165) is 16.7 Å². The van der Waals surface area contributed by atoms with Crippen molar-refractivity contribution in [2.24, 2.45) is 0 Å². The summed E-state index contributed by atoms with van der Waals surface area (Å²) in [4.78, 5) is 0. The molecule has 0 radical (unpaired) electrons. The van der Waals surface area contributed by atoms with Crippen molar-refractivity contribution in [3.8, 4) is 0 Å². The number of hydrogen-bond acceptors (Lipinski definition) is 1. The molecule has 0 aliphatic carbocycles. The fourth-order valence-corrected chi connectivity index (χ4v) is 0. The Hall–Kier alpha value is 0.503. The fourth-order valence-electron chi connectivity index (χ4n) is 0. The molecular weight excluding hydrogens is 111 g/mol. The number of nitrogens with zero attached hydrogens (tertiary/aromatic N) is 1. The predicted molar refractivity (Wildman–Crippen MR) is 24.7 cm³/mol. The van der Waals surface area contributed by atoms with E-state index < -0.39 is 0 Å². The van der Waals surface area contributed by atoms with Crippen molar-refractivity contribution in [2.45, 2.75) is 0 Å². The molecule has 4 heavy (non-hydrogen) atoms. The van der Waals surface area contributed by atoms with Crippen molar-refractivity contribution in [3.05, 3.63) is 0 Å². The molecule has 0 amide bonds. The van der Waals surface area contributed by atoms with Gasteiger partial charge >= 0.3 is 34.7 Å². The predicted octanol–water partition coefficient (Wildman–Crippen LogP) is -1.06. The summed E-state index contributed by atoms with van der Waals surface area (Å²) in [7, 11) is 4.17. The first-order valence-corrected chi connectivity index (χ1v) is 3.22. The third-order valence-corrected chi connectivity index (χ3v) is 0. The zero-order chi connectivity index (χ0) is 3.58. The molecule has 0 saturated heterocycles. The van der Waals surface area contributed by atoms with E-state index in [2.05, 4.69) is 18.0 Å². The largest absolute Gasteiger partial charge is 1.00 e. The van der Waals surface area contributed by atoms with Crippen LogP contribution in [0.1, 0.15) is 1.43 Å². The van der Waals surface area contributed by atoms with Gasteiger partial charge in [-0.1, -0.05) is 0 Å². The van der Waals surface area contributed by atoms with Crippen molar-refractivity contribution < 1.29 is 1.43 Å². The van der Waals surface area contributed by atoms with E-state index in [0.29, 0.717) is 0 Å². The van der Waals surface area contributed by atoms with Crippen LogP contribution in [0.5, 0.6) is 0 Å². The average molecular weight is 121 g/mol. The van der Waals surface area contributed by atoms with Gasteiger partial charge in [0.1, 0.15) is 0 Å². The number of hydrogen-bond donors (Lipinski definition) is 0. The minimum Gasteiger partial charge on any atom is -1.00 e. The van der Waals surface area contributed by atoms with E-state index in [-0.39, 0.29) is 1.43 Å². The summed E-state index contributed by atoms with van der Waals surface area (Å²) >= 11 is 0.896. The van der Waals surface area contributed by atoms with Gasteiger partial charge in [0.2, 0.25) is 0 Å². The van der Waals surface area contributed by atoms with Crippen molar-refractivity contribution in [1.29, 1.82) is 0 Å². The average Bonchev–Trinajstić information content (AvgIpc) is 0.811. The summed E-state index contributed by atoms with van der Waals surface area (Å²) in [5, 5.41) is 0. The van der Waals surface area contributed by atoms with Crippen LogP contribution in [0.3, 0.4) is 0 Å². The van der Waals surface area contributed by atoms with Gasteiger partial charge in [-0.3, -0.25) is 0 Å². The zero-order valence-corrected chi connectivity index (χ0v) is 7.64. The Bertz CT molecular complexity index is 14.4. The normalized spacial score (nSPS) is 9.75. The molecule has 0 aromatic carbocycles. The first-order chi connectivity index (χ1) is 1.73. The summed E-state index contributed by atoms with van der Waals surface area (Å²) in [6.07, 6.45) is 0. The van der Waals surface area contributed by atoms with Gasteiger partial charge in [0.05, 0.1) is 0 Å². The summed E-state index contributed by atoms with van der Waals surface area (Å²) in [5.74, 6) is 0. The minimum absolute atomic E-state index is 0. The van der Waals surface area contributed by atoms with Crippen molar-refractivity contribution in [2.75, 3.05) is 14.1 Å². The molecule has 28 valence electrons. The molecule has 2 heteroatoms. The summed E-state index contributed by atoms with van der Waals surface area (Å²) < 4.78 is 2.19. The second-order valence-corrected chi connectivity index (χ2v) is 5.09. The number of rotatable bonds is 0. The van der Waals surface area contributed by atoms with Gasteiger partial charge in [-0.2, -0.15) is 0 Å². The van der Waals surface area contributed by atoms with Crippen LogP contribution in [-0.4, -0.2) is 34.7 Å². The standard InChI is InChI=1S/C2H9GeN.H/c1-4(2)3;/h1-3H3;/q;-1. The Morgan fingerprint density at radius 2 is 1.75 bits per heavy atom. The second-order valence-electron chi connectivity index (χ2n) is 1.34. The smallest absolute Gasteiger partial charge is 1.00 e. The molecule has 0 bridgehead atoms. The van der Waals surface area contributed by atoms with Gasteiger partial charge in [0, 0.05) is 0 Å². The first kappa shape index (κ1) is 4.50. The third kappa shape index (κ3) is 22.4. The molecule has 0 rings (SSSR count). The maximum atomic E-state index is 2.19. The Morgan fingerprint density at radius 1 is 1.75 bits per heavy atom. The topological polar surface area (TPSA) is 3.24 Å². The molecule has 0 aliphatic heterocycles. The molecule has 0 unspecified atom stereocenters.